The van der Waals surface area contributed by atoms with E-state index in [9.17, 15) is 10.1 Å². The molecule has 100 valence electrons. The summed E-state index contributed by atoms with van der Waals surface area (Å²) in [7, 11) is 0. The zero-order valence-electron chi connectivity index (χ0n) is 10.3. The lowest BCUT2D eigenvalue weighted by Crippen LogP contribution is -2.42. The summed E-state index contributed by atoms with van der Waals surface area (Å²) in [6, 6.07) is 5.03. The van der Waals surface area contributed by atoms with Gasteiger partial charge >= 0.3 is 0 Å². The molecule has 0 saturated carbocycles. The van der Waals surface area contributed by atoms with Gasteiger partial charge in [0.25, 0.3) is 11.7 Å². The van der Waals surface area contributed by atoms with Crippen LogP contribution in [-0.2, 0) is 0 Å². The van der Waals surface area contributed by atoms with E-state index in [2.05, 4.69) is 4.98 Å². The second kappa shape index (κ2) is 4.51. The number of rotatable bonds is 2. The zero-order chi connectivity index (χ0) is 13.4. The van der Waals surface area contributed by atoms with Crippen LogP contribution in [0.4, 0.5) is 11.7 Å². The third kappa shape index (κ3) is 2.24. The van der Waals surface area contributed by atoms with Crippen LogP contribution in [0.3, 0.4) is 0 Å². The van der Waals surface area contributed by atoms with E-state index in [0.29, 0.717) is 23.7 Å². The van der Waals surface area contributed by atoms with Crippen LogP contribution < -0.4 is 10.6 Å². The van der Waals surface area contributed by atoms with Gasteiger partial charge in [0.2, 0.25) is 0 Å². The van der Waals surface area contributed by atoms with E-state index in [1.807, 2.05) is 4.90 Å². The Morgan fingerprint density at radius 1 is 1.53 bits per heavy atom. The molecule has 0 unspecified atom stereocenters. The predicted octanol–water partition coefficient (Wildman–Crippen LogP) is 1.66. The molecule has 1 saturated heterocycles. The zero-order valence-corrected chi connectivity index (χ0v) is 10.3. The number of hydrogen-bond donors (Lipinski definition) is 1. The highest BCUT2D eigenvalue weighted by molar-refractivity contribution is 5.77. The van der Waals surface area contributed by atoms with Gasteiger partial charge in [0.15, 0.2) is 5.58 Å². The van der Waals surface area contributed by atoms with Crippen molar-refractivity contribution < 1.29 is 9.34 Å². The Morgan fingerprint density at radius 2 is 2.37 bits per heavy atom. The number of fused-ring (bicyclic) bond motifs is 1. The Bertz CT molecular complexity index is 624. The molecule has 1 fully saturated rings. The number of hydrogen-bond acceptors (Lipinski definition) is 6. The molecule has 2 heterocycles. The second-order valence-electron chi connectivity index (χ2n) is 4.75. The molecular weight excluding hydrogens is 248 g/mol. The quantitative estimate of drug-likeness (QED) is 0.652. The number of piperidine rings is 1. The highest BCUT2D eigenvalue weighted by atomic mass is 16.6. The van der Waals surface area contributed by atoms with Crippen molar-refractivity contribution in [3.05, 3.63) is 28.3 Å². The van der Waals surface area contributed by atoms with Crippen molar-refractivity contribution in [2.24, 2.45) is 5.73 Å². The minimum Gasteiger partial charge on any atom is -0.423 e. The first-order valence-electron chi connectivity index (χ1n) is 6.19. The number of nitrogens with two attached hydrogens (primary N) is 1. The number of anilines is 1. The van der Waals surface area contributed by atoms with E-state index in [1.54, 1.807) is 6.07 Å². The molecule has 7 heteroatoms. The molecule has 0 aliphatic carbocycles. The summed E-state index contributed by atoms with van der Waals surface area (Å²) in [5.41, 5.74) is 6.99. The third-order valence-corrected chi connectivity index (χ3v) is 3.30. The average Bonchev–Trinajstić information content (AvgIpc) is 2.81. The summed E-state index contributed by atoms with van der Waals surface area (Å²) in [6.45, 7) is 1.55. The lowest BCUT2D eigenvalue weighted by molar-refractivity contribution is -0.384. The predicted molar refractivity (Wildman–Crippen MR) is 70.1 cm³/mol. The molecule has 0 radical (unpaired) electrons. The maximum atomic E-state index is 10.7. The van der Waals surface area contributed by atoms with Crippen molar-refractivity contribution in [2.75, 3.05) is 18.0 Å². The number of nitrogens with zero attached hydrogens (tertiary/aromatic N) is 3. The third-order valence-electron chi connectivity index (χ3n) is 3.30. The highest BCUT2D eigenvalue weighted by Crippen LogP contribution is 2.26. The summed E-state index contributed by atoms with van der Waals surface area (Å²) < 4.78 is 5.63. The van der Waals surface area contributed by atoms with Gasteiger partial charge in [0.05, 0.1) is 4.92 Å². The molecular formula is C12H14N4O3. The average molecular weight is 262 g/mol. The number of aromatic nitrogens is 1. The first-order chi connectivity index (χ1) is 9.13. The second-order valence-corrected chi connectivity index (χ2v) is 4.75. The van der Waals surface area contributed by atoms with Crippen molar-refractivity contribution in [1.29, 1.82) is 0 Å². The van der Waals surface area contributed by atoms with Gasteiger partial charge in [-0.2, -0.15) is 4.98 Å². The van der Waals surface area contributed by atoms with Crippen molar-refractivity contribution >= 4 is 22.8 Å². The van der Waals surface area contributed by atoms with Gasteiger partial charge in [0.1, 0.15) is 5.52 Å². The highest BCUT2D eigenvalue weighted by Gasteiger charge is 2.21. The molecule has 2 N–H and O–H groups in total. The van der Waals surface area contributed by atoms with Crippen LogP contribution in [0.5, 0.6) is 0 Å². The van der Waals surface area contributed by atoms with Gasteiger partial charge in [-0.15, -0.1) is 0 Å². The SMILES string of the molecule is N[C@H]1CCCN(c2nc3cc([N+](=O)[O-])ccc3o2)C1. The summed E-state index contributed by atoms with van der Waals surface area (Å²) in [5, 5.41) is 10.7. The normalized spacial score (nSPS) is 19.8. The Labute approximate surface area is 109 Å². The molecule has 0 amide bonds. The fraction of sp³-hybridized carbons (Fsp3) is 0.417. The smallest absolute Gasteiger partial charge is 0.298 e. The maximum Gasteiger partial charge on any atom is 0.298 e. The molecule has 7 nitrogen and oxygen atoms in total. The van der Waals surface area contributed by atoms with Gasteiger partial charge in [-0.1, -0.05) is 0 Å². The molecule has 0 bridgehead atoms. The fourth-order valence-corrected chi connectivity index (χ4v) is 2.34. The molecule has 0 spiro atoms. The van der Waals surface area contributed by atoms with Gasteiger partial charge < -0.3 is 15.1 Å². The van der Waals surface area contributed by atoms with Crippen LogP contribution in [0.2, 0.25) is 0 Å². The number of oxazole rings is 1. The monoisotopic (exact) mass is 262 g/mol. The van der Waals surface area contributed by atoms with Crippen LogP contribution in [0.15, 0.2) is 22.6 Å². The van der Waals surface area contributed by atoms with Crippen LogP contribution in [0.25, 0.3) is 11.1 Å². The van der Waals surface area contributed by atoms with E-state index in [-0.39, 0.29) is 11.7 Å². The fourth-order valence-electron chi connectivity index (χ4n) is 2.34. The summed E-state index contributed by atoms with van der Waals surface area (Å²) in [4.78, 5) is 16.6. The molecule has 1 aromatic carbocycles. The number of nitro benzene ring substituents is 1. The first kappa shape index (κ1) is 11.9. The van der Waals surface area contributed by atoms with Crippen LogP contribution >= 0.6 is 0 Å². The molecule has 3 rings (SSSR count). The van der Waals surface area contributed by atoms with E-state index in [0.717, 1.165) is 19.4 Å². The Hall–Kier alpha value is -2.15. The molecule has 1 aliphatic rings. The number of benzene rings is 1. The van der Waals surface area contributed by atoms with Gasteiger partial charge in [-0.25, -0.2) is 0 Å². The first-order valence-corrected chi connectivity index (χ1v) is 6.19. The van der Waals surface area contributed by atoms with Crippen molar-refractivity contribution in [1.82, 2.24) is 4.98 Å². The van der Waals surface area contributed by atoms with Gasteiger partial charge in [-0.3, -0.25) is 10.1 Å². The minimum absolute atomic E-state index is 0.0164. The largest absolute Gasteiger partial charge is 0.423 e. The van der Waals surface area contributed by atoms with Crippen LogP contribution in [0.1, 0.15) is 12.8 Å². The van der Waals surface area contributed by atoms with Gasteiger partial charge in [-0.05, 0) is 18.9 Å². The van der Waals surface area contributed by atoms with Crippen LogP contribution in [0, 0.1) is 10.1 Å². The number of non-ortho nitro benzene ring substituents is 1. The summed E-state index contributed by atoms with van der Waals surface area (Å²) in [5.74, 6) is 0. The molecule has 1 aromatic heterocycles. The topological polar surface area (TPSA) is 98.4 Å². The molecule has 19 heavy (non-hydrogen) atoms. The maximum absolute atomic E-state index is 10.7. The van der Waals surface area contributed by atoms with Gasteiger partial charge in [0, 0.05) is 31.3 Å². The standard InChI is InChI=1S/C12H14N4O3/c13-8-2-1-5-15(7-8)12-14-10-6-9(16(17)18)3-4-11(10)19-12/h3-4,6,8H,1-2,5,7,13H2/t8-/m0/s1. The molecule has 1 atom stereocenters. The van der Waals surface area contributed by atoms with Crippen LogP contribution in [-0.4, -0.2) is 29.0 Å². The van der Waals surface area contributed by atoms with Crippen molar-refractivity contribution in [3.63, 3.8) is 0 Å². The summed E-state index contributed by atoms with van der Waals surface area (Å²) >= 11 is 0. The van der Waals surface area contributed by atoms with Crippen molar-refractivity contribution in [2.45, 2.75) is 18.9 Å². The minimum atomic E-state index is -0.440. The Balaban J connectivity index is 1.94. The Morgan fingerprint density at radius 3 is 3.11 bits per heavy atom. The lowest BCUT2D eigenvalue weighted by atomic mass is 10.1. The molecule has 1 aliphatic heterocycles. The van der Waals surface area contributed by atoms with Crippen molar-refractivity contribution in [3.8, 4) is 0 Å². The summed E-state index contributed by atoms with van der Waals surface area (Å²) in [6.07, 6.45) is 2.00. The van der Waals surface area contributed by atoms with E-state index < -0.39 is 4.92 Å². The molecule has 2 aromatic rings. The van der Waals surface area contributed by atoms with E-state index in [1.165, 1.54) is 12.1 Å². The number of nitro groups is 1. The Kier molecular flexibility index (Phi) is 2.83. The lowest BCUT2D eigenvalue weighted by Gasteiger charge is -2.29. The van der Waals surface area contributed by atoms with E-state index in [4.69, 9.17) is 10.2 Å². The van der Waals surface area contributed by atoms with E-state index >= 15 is 0 Å².